The molecule has 0 aliphatic carbocycles. The average molecular weight is 356 g/mol. The van der Waals surface area contributed by atoms with Crippen molar-refractivity contribution in [3.63, 3.8) is 0 Å². The Labute approximate surface area is 148 Å². The Morgan fingerprint density at radius 2 is 0.800 bits per heavy atom. The van der Waals surface area contributed by atoms with Crippen molar-refractivity contribution in [1.29, 1.82) is 0 Å². The first-order valence-electron chi connectivity index (χ1n) is 7.68. The van der Waals surface area contributed by atoms with Crippen molar-refractivity contribution < 1.29 is 17.5 Å². The molecule has 0 bridgehead atoms. The molecule has 0 amide bonds. The summed E-state index contributed by atoms with van der Waals surface area (Å²) in [6.45, 7) is 2.30. The van der Waals surface area contributed by atoms with Gasteiger partial charge in [-0.15, -0.1) is 0 Å². The van der Waals surface area contributed by atoms with Gasteiger partial charge in [0.25, 0.3) is 0 Å². The lowest BCUT2D eigenvalue weighted by molar-refractivity contribution is 0.381. The SMILES string of the molecule is CC(c1ccccc1)(c1ccccc1)c1ccccc1.O=S(=O)(O)O. The minimum absolute atomic E-state index is 0.121. The van der Waals surface area contributed by atoms with Crippen LogP contribution in [0.2, 0.25) is 0 Å². The van der Waals surface area contributed by atoms with Gasteiger partial charge in [-0.2, -0.15) is 8.42 Å². The Kier molecular flexibility index (Phi) is 6.09. The van der Waals surface area contributed by atoms with Crippen molar-refractivity contribution in [2.24, 2.45) is 0 Å². The molecule has 5 heteroatoms. The Balaban J connectivity index is 0.000000399. The van der Waals surface area contributed by atoms with Gasteiger partial charge < -0.3 is 0 Å². The highest BCUT2D eigenvalue weighted by molar-refractivity contribution is 7.79. The lowest BCUT2D eigenvalue weighted by atomic mass is 9.71. The van der Waals surface area contributed by atoms with E-state index in [-0.39, 0.29) is 5.41 Å². The predicted molar refractivity (Wildman–Crippen MR) is 99.1 cm³/mol. The van der Waals surface area contributed by atoms with Crippen LogP contribution in [0, 0.1) is 0 Å². The van der Waals surface area contributed by atoms with E-state index in [9.17, 15) is 0 Å². The van der Waals surface area contributed by atoms with Gasteiger partial charge in [0.1, 0.15) is 0 Å². The van der Waals surface area contributed by atoms with Gasteiger partial charge in [0.15, 0.2) is 0 Å². The molecule has 0 aromatic heterocycles. The second-order valence-electron chi connectivity index (χ2n) is 5.67. The maximum Gasteiger partial charge on any atom is 0.394 e. The molecule has 0 heterocycles. The van der Waals surface area contributed by atoms with Crippen LogP contribution in [0.3, 0.4) is 0 Å². The summed E-state index contributed by atoms with van der Waals surface area (Å²) in [5, 5.41) is 0. The van der Waals surface area contributed by atoms with Gasteiger partial charge >= 0.3 is 10.4 Å². The van der Waals surface area contributed by atoms with Crippen LogP contribution in [-0.4, -0.2) is 17.5 Å². The summed E-state index contributed by atoms with van der Waals surface area (Å²) < 4.78 is 31.6. The van der Waals surface area contributed by atoms with E-state index < -0.39 is 10.4 Å². The average Bonchev–Trinajstić information content (AvgIpc) is 2.62. The van der Waals surface area contributed by atoms with E-state index in [1.54, 1.807) is 0 Å². The van der Waals surface area contributed by atoms with Crippen LogP contribution in [0.1, 0.15) is 23.6 Å². The minimum Gasteiger partial charge on any atom is -0.264 e. The topological polar surface area (TPSA) is 74.6 Å². The Morgan fingerprint density at radius 3 is 1.00 bits per heavy atom. The lowest BCUT2D eigenvalue weighted by Gasteiger charge is -2.31. The highest BCUT2D eigenvalue weighted by Gasteiger charge is 2.30. The molecule has 0 aliphatic rings. The van der Waals surface area contributed by atoms with Crippen LogP contribution in [0.25, 0.3) is 0 Å². The lowest BCUT2D eigenvalue weighted by Crippen LogP contribution is -2.25. The zero-order valence-electron chi connectivity index (χ0n) is 13.8. The molecule has 0 aliphatic heterocycles. The molecule has 2 N–H and O–H groups in total. The molecule has 0 spiro atoms. The van der Waals surface area contributed by atoms with Crippen molar-refractivity contribution in [2.45, 2.75) is 12.3 Å². The van der Waals surface area contributed by atoms with Crippen LogP contribution < -0.4 is 0 Å². The first-order chi connectivity index (χ1) is 11.8. The molecule has 0 saturated carbocycles. The fourth-order valence-electron chi connectivity index (χ4n) is 2.81. The molecule has 3 aromatic carbocycles. The number of hydrogen-bond acceptors (Lipinski definition) is 2. The van der Waals surface area contributed by atoms with Gasteiger partial charge in [-0.25, -0.2) is 0 Å². The summed E-state index contributed by atoms with van der Waals surface area (Å²) in [6, 6.07) is 32.1. The third kappa shape index (κ3) is 5.26. The fraction of sp³-hybridized carbons (Fsp3) is 0.100. The van der Waals surface area contributed by atoms with Gasteiger partial charge in [0.05, 0.1) is 0 Å². The zero-order valence-corrected chi connectivity index (χ0v) is 14.6. The van der Waals surface area contributed by atoms with Crippen LogP contribution in [0.5, 0.6) is 0 Å². The maximum atomic E-state index is 8.74. The summed E-state index contributed by atoms with van der Waals surface area (Å²) in [4.78, 5) is 0. The molecule has 25 heavy (non-hydrogen) atoms. The van der Waals surface area contributed by atoms with Crippen molar-refractivity contribution in [1.82, 2.24) is 0 Å². The molecule has 0 atom stereocenters. The summed E-state index contributed by atoms with van der Waals surface area (Å²) in [5.41, 5.74) is 3.83. The van der Waals surface area contributed by atoms with Crippen LogP contribution in [-0.2, 0) is 15.8 Å². The zero-order chi connectivity index (χ0) is 18.3. The first kappa shape index (κ1) is 18.9. The van der Waals surface area contributed by atoms with E-state index in [4.69, 9.17) is 17.5 Å². The predicted octanol–water partition coefficient (Wildman–Crippen LogP) is 4.39. The van der Waals surface area contributed by atoms with Crippen molar-refractivity contribution in [2.75, 3.05) is 0 Å². The molecular weight excluding hydrogens is 336 g/mol. The normalized spacial score (nSPS) is 11.3. The molecule has 0 fully saturated rings. The van der Waals surface area contributed by atoms with Gasteiger partial charge in [-0.1, -0.05) is 91.0 Å². The van der Waals surface area contributed by atoms with Crippen LogP contribution in [0.15, 0.2) is 91.0 Å². The van der Waals surface area contributed by atoms with E-state index in [1.807, 2.05) is 0 Å². The maximum absolute atomic E-state index is 8.74. The highest BCUT2D eigenvalue weighted by atomic mass is 32.3. The molecule has 4 nitrogen and oxygen atoms in total. The van der Waals surface area contributed by atoms with Crippen LogP contribution >= 0.6 is 0 Å². The van der Waals surface area contributed by atoms with Crippen molar-refractivity contribution in [3.05, 3.63) is 108 Å². The van der Waals surface area contributed by atoms with Gasteiger partial charge in [-0.05, 0) is 23.6 Å². The minimum atomic E-state index is -4.67. The van der Waals surface area contributed by atoms with E-state index in [1.165, 1.54) is 16.7 Å². The Bertz CT molecular complexity index is 772. The third-order valence-electron chi connectivity index (χ3n) is 4.05. The molecule has 3 aromatic rings. The summed E-state index contributed by atoms with van der Waals surface area (Å²) in [6.07, 6.45) is 0. The van der Waals surface area contributed by atoms with E-state index >= 15 is 0 Å². The molecule has 0 radical (unpaired) electrons. The largest absolute Gasteiger partial charge is 0.394 e. The monoisotopic (exact) mass is 356 g/mol. The Hall–Kier alpha value is -2.47. The van der Waals surface area contributed by atoms with Crippen LogP contribution in [0.4, 0.5) is 0 Å². The summed E-state index contributed by atoms with van der Waals surface area (Å²) >= 11 is 0. The summed E-state index contributed by atoms with van der Waals surface area (Å²) in [7, 11) is -4.67. The van der Waals surface area contributed by atoms with Crippen molar-refractivity contribution in [3.8, 4) is 0 Å². The molecule has 0 unspecified atom stereocenters. The number of hydrogen-bond donors (Lipinski definition) is 2. The van der Waals surface area contributed by atoms with E-state index in [0.29, 0.717) is 0 Å². The molecular formula is C20H20O4S. The second-order valence-corrected chi connectivity index (χ2v) is 6.57. The first-order valence-corrected chi connectivity index (χ1v) is 9.08. The smallest absolute Gasteiger partial charge is 0.264 e. The molecule has 130 valence electrons. The number of benzene rings is 3. The Morgan fingerprint density at radius 1 is 0.600 bits per heavy atom. The second kappa shape index (κ2) is 8.07. The quantitative estimate of drug-likeness (QED) is 0.539. The van der Waals surface area contributed by atoms with Gasteiger partial charge in [-0.3, -0.25) is 9.11 Å². The number of rotatable bonds is 3. The third-order valence-corrected chi connectivity index (χ3v) is 4.05. The molecule has 3 rings (SSSR count). The van der Waals surface area contributed by atoms with Crippen molar-refractivity contribution >= 4 is 10.4 Å². The molecule has 0 saturated heterocycles. The van der Waals surface area contributed by atoms with Gasteiger partial charge in [0.2, 0.25) is 0 Å². The van der Waals surface area contributed by atoms with E-state index in [0.717, 1.165) is 0 Å². The fourth-order valence-corrected chi connectivity index (χ4v) is 2.81. The standard InChI is InChI=1S/C20H18.H2O4S/c1-20(17-11-5-2-6-12-17,18-13-7-3-8-14-18)19-15-9-4-10-16-19;1-5(2,3)4/h2-16H,1H3;(H2,1,2,3,4). The highest BCUT2D eigenvalue weighted by Crippen LogP contribution is 2.38. The summed E-state index contributed by atoms with van der Waals surface area (Å²) in [5.74, 6) is 0. The van der Waals surface area contributed by atoms with Gasteiger partial charge in [0, 0.05) is 5.41 Å². The van der Waals surface area contributed by atoms with E-state index in [2.05, 4.69) is 97.9 Å².